The summed E-state index contributed by atoms with van der Waals surface area (Å²) in [5, 5.41) is 0. The number of hydroxylamine groups is 1. The first-order chi connectivity index (χ1) is 5.29. The van der Waals surface area contributed by atoms with E-state index in [1.165, 1.54) is 0 Å². The zero-order valence-electron chi connectivity index (χ0n) is 7.09. The minimum absolute atomic E-state index is 0.0544. The van der Waals surface area contributed by atoms with Gasteiger partial charge in [0.2, 0.25) is 5.91 Å². The lowest BCUT2D eigenvalue weighted by molar-refractivity contribution is -0.126. The lowest BCUT2D eigenvalue weighted by atomic mass is 9.96. The molecule has 0 radical (unpaired) electrons. The SMILES string of the molecule is CCCC1C(=O)NOC1CC. The fourth-order valence-corrected chi connectivity index (χ4v) is 1.46. The van der Waals surface area contributed by atoms with E-state index in [1.54, 1.807) is 0 Å². The average molecular weight is 157 g/mol. The molecule has 0 bridgehead atoms. The highest BCUT2D eigenvalue weighted by atomic mass is 16.7. The summed E-state index contributed by atoms with van der Waals surface area (Å²) in [6.45, 7) is 4.12. The lowest BCUT2D eigenvalue weighted by Crippen LogP contribution is -2.21. The van der Waals surface area contributed by atoms with Crippen LogP contribution in [0.1, 0.15) is 33.1 Å². The molecule has 11 heavy (non-hydrogen) atoms. The Bertz CT molecular complexity index is 147. The van der Waals surface area contributed by atoms with Crippen molar-refractivity contribution < 1.29 is 9.63 Å². The van der Waals surface area contributed by atoms with E-state index in [-0.39, 0.29) is 17.9 Å². The first-order valence-electron chi connectivity index (χ1n) is 4.25. The van der Waals surface area contributed by atoms with Gasteiger partial charge in [-0.1, -0.05) is 20.3 Å². The predicted molar refractivity (Wildman–Crippen MR) is 41.7 cm³/mol. The maximum absolute atomic E-state index is 11.1. The number of nitrogens with one attached hydrogen (secondary N) is 1. The molecule has 1 aliphatic heterocycles. The molecule has 1 rings (SSSR count). The van der Waals surface area contributed by atoms with Crippen LogP contribution < -0.4 is 5.48 Å². The molecule has 1 fully saturated rings. The molecule has 0 aromatic heterocycles. The van der Waals surface area contributed by atoms with E-state index in [0.717, 1.165) is 19.3 Å². The highest BCUT2D eigenvalue weighted by molar-refractivity contribution is 5.79. The van der Waals surface area contributed by atoms with E-state index < -0.39 is 0 Å². The standard InChI is InChI=1S/C8H15NO2/c1-3-5-6-7(4-2)11-9-8(6)10/h6-7H,3-5H2,1-2H3,(H,9,10). The van der Waals surface area contributed by atoms with Crippen molar-refractivity contribution in [1.29, 1.82) is 0 Å². The second kappa shape index (κ2) is 3.72. The van der Waals surface area contributed by atoms with Crippen LogP contribution in [-0.4, -0.2) is 12.0 Å². The van der Waals surface area contributed by atoms with E-state index in [9.17, 15) is 4.79 Å². The molecular weight excluding hydrogens is 142 g/mol. The lowest BCUT2D eigenvalue weighted by Gasteiger charge is -2.10. The third-order valence-electron chi connectivity index (χ3n) is 2.10. The van der Waals surface area contributed by atoms with Crippen LogP contribution >= 0.6 is 0 Å². The largest absolute Gasteiger partial charge is 0.272 e. The van der Waals surface area contributed by atoms with E-state index >= 15 is 0 Å². The van der Waals surface area contributed by atoms with Gasteiger partial charge in [-0.05, 0) is 12.8 Å². The van der Waals surface area contributed by atoms with Crippen LogP contribution in [0.25, 0.3) is 0 Å². The molecule has 1 heterocycles. The van der Waals surface area contributed by atoms with Crippen molar-refractivity contribution in [2.75, 3.05) is 0 Å². The molecule has 3 heteroatoms. The topological polar surface area (TPSA) is 38.3 Å². The van der Waals surface area contributed by atoms with Crippen molar-refractivity contribution in [3.8, 4) is 0 Å². The third kappa shape index (κ3) is 1.71. The fraction of sp³-hybridized carbons (Fsp3) is 0.875. The van der Waals surface area contributed by atoms with Gasteiger partial charge in [0.05, 0.1) is 12.0 Å². The van der Waals surface area contributed by atoms with Gasteiger partial charge in [0, 0.05) is 0 Å². The molecule has 0 aromatic carbocycles. The summed E-state index contributed by atoms with van der Waals surface area (Å²) in [4.78, 5) is 16.2. The molecule has 3 nitrogen and oxygen atoms in total. The molecule has 1 N–H and O–H groups in total. The summed E-state index contributed by atoms with van der Waals surface area (Å²) in [5.74, 6) is 0.142. The summed E-state index contributed by atoms with van der Waals surface area (Å²) in [7, 11) is 0. The van der Waals surface area contributed by atoms with E-state index in [0.29, 0.717) is 0 Å². The molecule has 1 amide bonds. The third-order valence-corrected chi connectivity index (χ3v) is 2.10. The van der Waals surface area contributed by atoms with Gasteiger partial charge in [0.1, 0.15) is 0 Å². The zero-order chi connectivity index (χ0) is 8.27. The van der Waals surface area contributed by atoms with Gasteiger partial charge < -0.3 is 0 Å². The summed E-state index contributed by atoms with van der Waals surface area (Å²) < 4.78 is 0. The van der Waals surface area contributed by atoms with Gasteiger partial charge in [0.15, 0.2) is 0 Å². The highest BCUT2D eigenvalue weighted by Gasteiger charge is 2.33. The molecule has 0 aromatic rings. The Hall–Kier alpha value is -0.570. The van der Waals surface area contributed by atoms with Crippen molar-refractivity contribution in [2.24, 2.45) is 5.92 Å². The van der Waals surface area contributed by atoms with Crippen molar-refractivity contribution in [3.05, 3.63) is 0 Å². The maximum atomic E-state index is 11.1. The number of carbonyl (C=O) groups excluding carboxylic acids is 1. The smallest absolute Gasteiger partial charge is 0.249 e. The van der Waals surface area contributed by atoms with E-state index in [1.807, 2.05) is 6.92 Å². The first kappa shape index (κ1) is 8.53. The molecule has 2 unspecified atom stereocenters. The molecule has 1 saturated heterocycles. The van der Waals surface area contributed by atoms with Gasteiger partial charge >= 0.3 is 0 Å². The van der Waals surface area contributed by atoms with Gasteiger partial charge in [-0.25, -0.2) is 5.48 Å². The predicted octanol–water partition coefficient (Wildman–Crippen LogP) is 1.24. The van der Waals surface area contributed by atoms with Gasteiger partial charge in [-0.3, -0.25) is 9.63 Å². The Balaban J connectivity index is 2.49. The van der Waals surface area contributed by atoms with Crippen LogP contribution in [0.3, 0.4) is 0 Å². The Morgan fingerprint density at radius 2 is 2.27 bits per heavy atom. The van der Waals surface area contributed by atoms with Crippen LogP contribution in [0.15, 0.2) is 0 Å². The minimum atomic E-state index is 0.0544. The minimum Gasteiger partial charge on any atom is -0.272 e. The first-order valence-corrected chi connectivity index (χ1v) is 4.25. The Morgan fingerprint density at radius 3 is 2.82 bits per heavy atom. The summed E-state index contributed by atoms with van der Waals surface area (Å²) >= 11 is 0. The highest BCUT2D eigenvalue weighted by Crippen LogP contribution is 2.21. The summed E-state index contributed by atoms with van der Waals surface area (Å²) in [5.41, 5.74) is 2.42. The molecule has 0 saturated carbocycles. The fourth-order valence-electron chi connectivity index (χ4n) is 1.46. The molecule has 0 aliphatic carbocycles. The van der Waals surface area contributed by atoms with Crippen LogP contribution in [0.2, 0.25) is 0 Å². The second-order valence-electron chi connectivity index (χ2n) is 2.93. The normalized spacial score (nSPS) is 30.5. The number of hydrogen-bond acceptors (Lipinski definition) is 2. The van der Waals surface area contributed by atoms with Gasteiger partial charge in [-0.15, -0.1) is 0 Å². The van der Waals surface area contributed by atoms with E-state index in [2.05, 4.69) is 12.4 Å². The van der Waals surface area contributed by atoms with Crippen molar-refractivity contribution >= 4 is 5.91 Å². The number of amides is 1. The zero-order valence-corrected chi connectivity index (χ0v) is 7.09. The molecule has 1 aliphatic rings. The van der Waals surface area contributed by atoms with Gasteiger partial charge in [0.25, 0.3) is 0 Å². The Kier molecular flexibility index (Phi) is 2.88. The number of carbonyl (C=O) groups is 1. The average Bonchev–Trinajstić information content (AvgIpc) is 2.34. The second-order valence-corrected chi connectivity index (χ2v) is 2.93. The quantitative estimate of drug-likeness (QED) is 0.669. The maximum Gasteiger partial charge on any atom is 0.249 e. The molecular formula is C8H15NO2. The van der Waals surface area contributed by atoms with Crippen LogP contribution in [0.5, 0.6) is 0 Å². The Morgan fingerprint density at radius 1 is 1.55 bits per heavy atom. The number of hydrogen-bond donors (Lipinski definition) is 1. The molecule has 2 atom stereocenters. The summed E-state index contributed by atoms with van der Waals surface area (Å²) in [6.07, 6.45) is 2.98. The van der Waals surface area contributed by atoms with Crippen molar-refractivity contribution in [2.45, 2.75) is 39.2 Å². The van der Waals surface area contributed by atoms with Crippen molar-refractivity contribution in [3.63, 3.8) is 0 Å². The van der Waals surface area contributed by atoms with Crippen molar-refractivity contribution in [1.82, 2.24) is 5.48 Å². The van der Waals surface area contributed by atoms with E-state index in [4.69, 9.17) is 4.84 Å². The molecule has 0 spiro atoms. The van der Waals surface area contributed by atoms with Crippen LogP contribution in [0, 0.1) is 5.92 Å². The Labute approximate surface area is 67.1 Å². The van der Waals surface area contributed by atoms with Crippen LogP contribution in [0.4, 0.5) is 0 Å². The van der Waals surface area contributed by atoms with Gasteiger partial charge in [-0.2, -0.15) is 0 Å². The molecule has 64 valence electrons. The monoisotopic (exact) mass is 157 g/mol. The summed E-state index contributed by atoms with van der Waals surface area (Å²) in [6, 6.07) is 0. The van der Waals surface area contributed by atoms with Crippen LogP contribution in [-0.2, 0) is 9.63 Å². The number of rotatable bonds is 3.